The van der Waals surface area contributed by atoms with Gasteiger partial charge in [0.15, 0.2) is 0 Å². The molecular formula is C26H21N3O2S. The lowest BCUT2D eigenvalue weighted by atomic mass is 9.96. The highest BCUT2D eigenvalue weighted by molar-refractivity contribution is 7.19. The molecule has 3 aromatic heterocycles. The molecule has 1 aliphatic carbocycles. The average Bonchev–Trinajstić information content (AvgIpc) is 3.18. The minimum atomic E-state index is -0.158. The number of aromatic nitrogens is 3. The van der Waals surface area contributed by atoms with E-state index in [1.54, 1.807) is 15.9 Å². The van der Waals surface area contributed by atoms with Gasteiger partial charge in [0.1, 0.15) is 10.6 Å². The molecule has 0 amide bonds. The molecule has 5 nitrogen and oxygen atoms in total. The maximum atomic E-state index is 13.9. The van der Waals surface area contributed by atoms with Crippen molar-refractivity contribution >= 4 is 32.5 Å². The summed E-state index contributed by atoms with van der Waals surface area (Å²) in [5.74, 6) is 0.637. The number of ether oxygens (including phenoxy) is 1. The number of para-hydroxylation sites is 2. The summed E-state index contributed by atoms with van der Waals surface area (Å²) in [7, 11) is 0. The van der Waals surface area contributed by atoms with Gasteiger partial charge in [0.05, 0.1) is 22.3 Å². The van der Waals surface area contributed by atoms with Gasteiger partial charge in [0.2, 0.25) is 0 Å². The molecule has 158 valence electrons. The summed E-state index contributed by atoms with van der Waals surface area (Å²) in [5.41, 5.74) is 3.28. The second kappa shape index (κ2) is 7.57. The van der Waals surface area contributed by atoms with E-state index in [9.17, 15) is 4.79 Å². The molecule has 0 saturated carbocycles. The van der Waals surface area contributed by atoms with Crippen LogP contribution in [0.4, 0.5) is 0 Å². The van der Waals surface area contributed by atoms with E-state index in [-0.39, 0.29) is 11.6 Å². The van der Waals surface area contributed by atoms with Gasteiger partial charge in [0.25, 0.3) is 5.56 Å². The normalized spacial score (nSPS) is 13.4. The number of fused-ring (bicyclic) bond motifs is 5. The van der Waals surface area contributed by atoms with E-state index in [0.717, 1.165) is 29.5 Å². The van der Waals surface area contributed by atoms with E-state index in [2.05, 4.69) is 0 Å². The van der Waals surface area contributed by atoms with Crippen LogP contribution in [0, 0.1) is 6.92 Å². The first-order valence-corrected chi connectivity index (χ1v) is 11.7. The number of nitrogens with zero attached hydrogens (tertiary/aromatic N) is 3. The van der Waals surface area contributed by atoms with Gasteiger partial charge in [0, 0.05) is 10.3 Å². The largest absolute Gasteiger partial charge is 0.425 e. The molecule has 0 atom stereocenters. The highest BCUT2D eigenvalue weighted by atomic mass is 32.1. The first kappa shape index (κ1) is 19.2. The third-order valence-electron chi connectivity index (χ3n) is 6.04. The summed E-state index contributed by atoms with van der Waals surface area (Å²) in [6.07, 6.45) is 4.44. The van der Waals surface area contributed by atoms with Crippen molar-refractivity contribution < 1.29 is 4.74 Å². The summed E-state index contributed by atoms with van der Waals surface area (Å²) < 4.78 is 7.75. The van der Waals surface area contributed by atoms with Gasteiger partial charge >= 0.3 is 6.01 Å². The summed E-state index contributed by atoms with van der Waals surface area (Å²) in [4.78, 5) is 26.1. The quantitative estimate of drug-likeness (QED) is 0.347. The number of rotatable bonds is 3. The molecule has 0 unspecified atom stereocenters. The fraction of sp³-hybridized carbons (Fsp3) is 0.192. The predicted molar refractivity (Wildman–Crippen MR) is 128 cm³/mol. The van der Waals surface area contributed by atoms with Crippen molar-refractivity contribution in [3.63, 3.8) is 0 Å². The molecule has 0 spiro atoms. The summed E-state index contributed by atoms with van der Waals surface area (Å²) in [6.45, 7) is 1.90. The van der Waals surface area contributed by atoms with Crippen molar-refractivity contribution in [1.29, 1.82) is 0 Å². The molecule has 0 saturated heterocycles. The Kier molecular flexibility index (Phi) is 4.54. The zero-order chi connectivity index (χ0) is 21.7. The fourth-order valence-electron chi connectivity index (χ4n) is 4.56. The number of aryl methyl sites for hydroxylation is 3. The highest BCUT2D eigenvalue weighted by Gasteiger charge is 2.24. The van der Waals surface area contributed by atoms with Crippen molar-refractivity contribution in [3.8, 4) is 17.4 Å². The van der Waals surface area contributed by atoms with Crippen molar-refractivity contribution in [2.75, 3.05) is 0 Å². The number of benzene rings is 2. The number of hydrogen-bond donors (Lipinski definition) is 0. The monoisotopic (exact) mass is 439 g/mol. The maximum absolute atomic E-state index is 13.9. The second-order valence-electron chi connectivity index (χ2n) is 8.10. The highest BCUT2D eigenvalue weighted by Crippen LogP contribution is 2.39. The minimum absolute atomic E-state index is 0.158. The molecule has 1 aliphatic rings. The molecular weight excluding hydrogens is 418 g/mol. The first-order chi connectivity index (χ1) is 15.7. The van der Waals surface area contributed by atoms with Crippen LogP contribution < -0.4 is 10.3 Å². The molecule has 0 N–H and O–H groups in total. The van der Waals surface area contributed by atoms with Crippen LogP contribution in [0.5, 0.6) is 11.8 Å². The van der Waals surface area contributed by atoms with Crippen LogP contribution in [-0.4, -0.2) is 14.5 Å². The van der Waals surface area contributed by atoms with E-state index in [1.807, 2.05) is 67.6 Å². The third kappa shape index (κ3) is 3.02. The van der Waals surface area contributed by atoms with Crippen molar-refractivity contribution in [1.82, 2.24) is 14.5 Å². The Labute approximate surface area is 189 Å². The van der Waals surface area contributed by atoms with Crippen LogP contribution >= 0.6 is 11.3 Å². The van der Waals surface area contributed by atoms with Gasteiger partial charge < -0.3 is 4.74 Å². The Bertz CT molecular complexity index is 1520. The van der Waals surface area contributed by atoms with Gasteiger partial charge in [-0.2, -0.15) is 4.98 Å². The van der Waals surface area contributed by atoms with E-state index in [4.69, 9.17) is 14.7 Å². The number of hydrogen-bond acceptors (Lipinski definition) is 5. The standard InChI is InChI=1S/C26H21N3O2S/c1-16-21-23(22-19-14-8-9-15-20(19)32-24(22)27-16)28-26(31-18-12-6-3-7-13-18)29(25(21)30)17-10-4-2-5-11-17/h2-7,10-13H,8-9,14-15H2,1H3. The van der Waals surface area contributed by atoms with Crippen molar-refractivity contribution in [2.24, 2.45) is 0 Å². The van der Waals surface area contributed by atoms with Gasteiger partial charge in [-0.3, -0.25) is 4.79 Å². The van der Waals surface area contributed by atoms with Gasteiger partial charge in [-0.1, -0.05) is 36.4 Å². The molecule has 2 aromatic carbocycles. The smallest absolute Gasteiger partial charge is 0.310 e. The Morgan fingerprint density at radius 2 is 1.62 bits per heavy atom. The van der Waals surface area contributed by atoms with E-state index in [0.29, 0.717) is 28.0 Å². The molecule has 0 radical (unpaired) electrons. The van der Waals surface area contributed by atoms with Crippen molar-refractivity contribution in [3.05, 3.63) is 87.2 Å². The van der Waals surface area contributed by atoms with E-state index < -0.39 is 0 Å². The Balaban J connectivity index is 1.72. The number of pyridine rings is 1. The summed E-state index contributed by atoms with van der Waals surface area (Å²) in [6, 6.07) is 19.3. The molecule has 6 heteroatoms. The van der Waals surface area contributed by atoms with Gasteiger partial charge in [-0.05, 0) is 62.4 Å². The molecule has 0 aliphatic heterocycles. The fourth-order valence-corrected chi connectivity index (χ4v) is 5.87. The lowest BCUT2D eigenvalue weighted by molar-refractivity contribution is 0.427. The van der Waals surface area contributed by atoms with Crippen LogP contribution in [0.2, 0.25) is 0 Å². The van der Waals surface area contributed by atoms with Gasteiger partial charge in [-0.25, -0.2) is 9.55 Å². The Morgan fingerprint density at radius 1 is 0.906 bits per heavy atom. The predicted octanol–water partition coefficient (Wildman–Crippen LogP) is 5.97. The van der Waals surface area contributed by atoms with Crippen LogP contribution in [0.3, 0.4) is 0 Å². The molecule has 3 heterocycles. The lowest BCUT2D eigenvalue weighted by Gasteiger charge is -2.16. The Morgan fingerprint density at radius 3 is 2.41 bits per heavy atom. The van der Waals surface area contributed by atoms with Crippen molar-refractivity contribution in [2.45, 2.75) is 32.6 Å². The van der Waals surface area contributed by atoms with Crippen LogP contribution in [0.1, 0.15) is 29.0 Å². The zero-order valence-electron chi connectivity index (χ0n) is 17.7. The summed E-state index contributed by atoms with van der Waals surface area (Å²) >= 11 is 1.74. The van der Waals surface area contributed by atoms with E-state index >= 15 is 0 Å². The average molecular weight is 440 g/mol. The third-order valence-corrected chi connectivity index (χ3v) is 7.23. The molecule has 32 heavy (non-hydrogen) atoms. The zero-order valence-corrected chi connectivity index (χ0v) is 18.5. The van der Waals surface area contributed by atoms with Crippen LogP contribution in [-0.2, 0) is 12.8 Å². The number of thiophene rings is 1. The molecule has 6 rings (SSSR count). The Hall–Kier alpha value is -3.51. The molecule has 0 fully saturated rings. The minimum Gasteiger partial charge on any atom is -0.425 e. The lowest BCUT2D eigenvalue weighted by Crippen LogP contribution is -2.22. The van der Waals surface area contributed by atoms with Crippen LogP contribution in [0.15, 0.2) is 65.5 Å². The summed E-state index contributed by atoms with van der Waals surface area (Å²) in [5, 5.41) is 1.59. The first-order valence-electron chi connectivity index (χ1n) is 10.9. The van der Waals surface area contributed by atoms with Crippen LogP contribution in [0.25, 0.3) is 26.8 Å². The maximum Gasteiger partial charge on any atom is 0.310 e. The molecule has 0 bridgehead atoms. The second-order valence-corrected chi connectivity index (χ2v) is 9.18. The van der Waals surface area contributed by atoms with Gasteiger partial charge in [-0.15, -0.1) is 11.3 Å². The SMILES string of the molecule is Cc1nc2sc3c(c2c2nc(Oc4ccccc4)n(-c4ccccc4)c(=O)c12)CCCC3. The molecule has 5 aromatic rings. The van der Waals surface area contributed by atoms with E-state index in [1.165, 1.54) is 16.9 Å². The topological polar surface area (TPSA) is 57.0 Å².